The number of carbonyl (C=O) groups is 1. The quantitative estimate of drug-likeness (QED) is 0.623. The summed E-state index contributed by atoms with van der Waals surface area (Å²) in [7, 11) is 0. The monoisotopic (exact) mass is 396 g/mol. The lowest BCUT2D eigenvalue weighted by Crippen LogP contribution is -2.35. The van der Waals surface area contributed by atoms with Crippen molar-refractivity contribution in [1.82, 2.24) is 10.2 Å². The molecule has 0 aliphatic carbocycles. The van der Waals surface area contributed by atoms with Gasteiger partial charge < -0.3 is 15.3 Å². The second-order valence-electron chi connectivity index (χ2n) is 6.86. The molecule has 0 bridgehead atoms. The number of aromatic nitrogens is 2. The van der Waals surface area contributed by atoms with Gasteiger partial charge in [0, 0.05) is 35.1 Å². The van der Waals surface area contributed by atoms with Crippen molar-refractivity contribution in [3.8, 4) is 11.3 Å². The number of amides is 1. The molecule has 1 saturated heterocycles. The van der Waals surface area contributed by atoms with Crippen LogP contribution in [0.15, 0.2) is 54.7 Å². The summed E-state index contributed by atoms with van der Waals surface area (Å²) in [6.07, 6.45) is 2.87. The van der Waals surface area contributed by atoms with Gasteiger partial charge in [0.1, 0.15) is 0 Å². The standard InChI is InChI=1S/C21H21ClN4O2/c22-19-4-2-1-3-17(19)20-18(13-23-25-20)21(28)24-14-5-7-15(8-6-14)26-11-9-16(27)10-12-26/h1-8,13,16,27H,9-12H2,(H,23,25)(H,24,28). The van der Waals surface area contributed by atoms with E-state index in [2.05, 4.69) is 20.4 Å². The summed E-state index contributed by atoms with van der Waals surface area (Å²) in [6, 6.07) is 15.1. The second kappa shape index (κ2) is 8.04. The Morgan fingerprint density at radius 1 is 1.14 bits per heavy atom. The first kappa shape index (κ1) is 18.5. The Balaban J connectivity index is 1.48. The molecule has 2 heterocycles. The fourth-order valence-corrected chi connectivity index (χ4v) is 3.64. The fourth-order valence-electron chi connectivity index (χ4n) is 3.41. The molecule has 0 unspecified atom stereocenters. The Hall–Kier alpha value is -2.83. The molecule has 1 amide bonds. The van der Waals surface area contributed by atoms with Crippen molar-refractivity contribution < 1.29 is 9.90 Å². The molecule has 0 spiro atoms. The minimum absolute atomic E-state index is 0.197. The lowest BCUT2D eigenvalue weighted by atomic mass is 10.1. The van der Waals surface area contributed by atoms with Crippen LogP contribution >= 0.6 is 11.6 Å². The number of benzene rings is 2. The molecule has 3 aromatic rings. The maximum Gasteiger partial charge on any atom is 0.259 e. The fraction of sp³-hybridized carbons (Fsp3) is 0.238. The number of carbonyl (C=O) groups excluding carboxylic acids is 1. The van der Waals surface area contributed by atoms with Gasteiger partial charge in [0.25, 0.3) is 5.91 Å². The zero-order valence-electron chi connectivity index (χ0n) is 15.2. The zero-order chi connectivity index (χ0) is 19.5. The first-order valence-electron chi connectivity index (χ1n) is 9.24. The van der Waals surface area contributed by atoms with Gasteiger partial charge in [0.2, 0.25) is 0 Å². The van der Waals surface area contributed by atoms with E-state index < -0.39 is 0 Å². The summed E-state index contributed by atoms with van der Waals surface area (Å²) in [5, 5.41) is 20.0. The molecule has 0 radical (unpaired) electrons. The van der Waals surface area contributed by atoms with E-state index in [0.29, 0.717) is 22.0 Å². The molecule has 0 atom stereocenters. The van der Waals surface area contributed by atoms with Crippen molar-refractivity contribution in [2.45, 2.75) is 18.9 Å². The van der Waals surface area contributed by atoms with Crippen LogP contribution in [-0.4, -0.2) is 40.4 Å². The number of halogens is 1. The predicted octanol–water partition coefficient (Wildman–Crippen LogP) is 3.94. The van der Waals surface area contributed by atoms with Gasteiger partial charge in [0.15, 0.2) is 0 Å². The molecule has 2 aromatic carbocycles. The molecule has 28 heavy (non-hydrogen) atoms. The van der Waals surface area contributed by atoms with Gasteiger partial charge in [-0.2, -0.15) is 5.10 Å². The highest BCUT2D eigenvalue weighted by Gasteiger charge is 2.19. The number of aliphatic hydroxyl groups excluding tert-OH is 1. The first-order chi connectivity index (χ1) is 13.6. The van der Waals surface area contributed by atoms with Crippen molar-refractivity contribution in [1.29, 1.82) is 0 Å². The predicted molar refractivity (Wildman–Crippen MR) is 111 cm³/mol. The van der Waals surface area contributed by atoms with Crippen LogP contribution in [0, 0.1) is 0 Å². The highest BCUT2D eigenvalue weighted by atomic mass is 35.5. The molecule has 1 aliphatic heterocycles. The van der Waals surface area contributed by atoms with Crippen LogP contribution in [0.3, 0.4) is 0 Å². The number of hydrogen-bond donors (Lipinski definition) is 3. The number of rotatable bonds is 4. The van der Waals surface area contributed by atoms with E-state index in [1.54, 1.807) is 6.07 Å². The number of nitrogens with one attached hydrogen (secondary N) is 2. The zero-order valence-corrected chi connectivity index (χ0v) is 16.0. The molecule has 7 heteroatoms. The number of aliphatic hydroxyl groups is 1. The Labute approximate surface area is 168 Å². The van der Waals surface area contributed by atoms with Gasteiger partial charge in [-0.1, -0.05) is 29.8 Å². The van der Waals surface area contributed by atoms with E-state index in [1.165, 1.54) is 6.20 Å². The topological polar surface area (TPSA) is 81.2 Å². The summed E-state index contributed by atoms with van der Waals surface area (Å²) < 4.78 is 0. The van der Waals surface area contributed by atoms with Crippen LogP contribution in [0.4, 0.5) is 11.4 Å². The Bertz CT molecular complexity index is 963. The van der Waals surface area contributed by atoms with E-state index in [1.807, 2.05) is 42.5 Å². The average molecular weight is 397 g/mol. The second-order valence-corrected chi connectivity index (χ2v) is 7.26. The number of anilines is 2. The van der Waals surface area contributed by atoms with E-state index in [4.69, 9.17) is 11.6 Å². The maximum absolute atomic E-state index is 12.8. The van der Waals surface area contributed by atoms with Gasteiger partial charge in [-0.25, -0.2) is 0 Å². The van der Waals surface area contributed by atoms with Crippen molar-refractivity contribution in [3.05, 3.63) is 65.3 Å². The third-order valence-electron chi connectivity index (χ3n) is 4.98. The van der Waals surface area contributed by atoms with Gasteiger partial charge in [0.05, 0.1) is 23.6 Å². The molecule has 4 rings (SSSR count). The lowest BCUT2D eigenvalue weighted by Gasteiger charge is -2.31. The van der Waals surface area contributed by atoms with Crippen LogP contribution in [0.2, 0.25) is 5.02 Å². The molecular weight excluding hydrogens is 376 g/mol. The number of aromatic amines is 1. The van der Waals surface area contributed by atoms with E-state index in [9.17, 15) is 9.90 Å². The van der Waals surface area contributed by atoms with Gasteiger partial charge in [-0.15, -0.1) is 0 Å². The minimum atomic E-state index is -0.252. The van der Waals surface area contributed by atoms with E-state index in [0.717, 1.165) is 37.2 Å². The summed E-state index contributed by atoms with van der Waals surface area (Å²) >= 11 is 6.25. The maximum atomic E-state index is 12.8. The third-order valence-corrected chi connectivity index (χ3v) is 5.31. The van der Waals surface area contributed by atoms with Crippen molar-refractivity contribution in [2.75, 3.05) is 23.3 Å². The molecule has 3 N–H and O–H groups in total. The number of piperidine rings is 1. The first-order valence-corrected chi connectivity index (χ1v) is 9.62. The largest absolute Gasteiger partial charge is 0.393 e. The molecule has 0 saturated carbocycles. The normalized spacial score (nSPS) is 14.9. The van der Waals surface area contributed by atoms with Crippen molar-refractivity contribution in [2.24, 2.45) is 0 Å². The Morgan fingerprint density at radius 2 is 1.86 bits per heavy atom. The lowest BCUT2D eigenvalue weighted by molar-refractivity contribution is 0.102. The number of hydrogen-bond acceptors (Lipinski definition) is 4. The molecular formula is C21H21ClN4O2. The van der Waals surface area contributed by atoms with Crippen LogP contribution in [0.5, 0.6) is 0 Å². The van der Waals surface area contributed by atoms with E-state index >= 15 is 0 Å². The highest BCUT2D eigenvalue weighted by molar-refractivity contribution is 6.33. The molecule has 6 nitrogen and oxygen atoms in total. The number of nitrogens with zero attached hydrogens (tertiary/aromatic N) is 2. The van der Waals surface area contributed by atoms with Crippen LogP contribution in [0.25, 0.3) is 11.3 Å². The smallest absolute Gasteiger partial charge is 0.259 e. The summed E-state index contributed by atoms with van der Waals surface area (Å²) in [6.45, 7) is 1.67. The highest BCUT2D eigenvalue weighted by Crippen LogP contribution is 2.29. The SMILES string of the molecule is O=C(Nc1ccc(N2CCC(O)CC2)cc1)c1cn[nH]c1-c1ccccc1Cl. The summed E-state index contributed by atoms with van der Waals surface area (Å²) in [5.74, 6) is -0.252. The Kier molecular flexibility index (Phi) is 5.32. The van der Waals surface area contributed by atoms with E-state index in [-0.39, 0.29) is 12.0 Å². The third kappa shape index (κ3) is 3.88. The Morgan fingerprint density at radius 3 is 2.57 bits per heavy atom. The summed E-state index contributed by atoms with van der Waals surface area (Å²) in [4.78, 5) is 15.0. The summed E-state index contributed by atoms with van der Waals surface area (Å²) in [5.41, 5.74) is 3.55. The van der Waals surface area contributed by atoms with Crippen LogP contribution in [-0.2, 0) is 0 Å². The molecule has 144 valence electrons. The van der Waals surface area contributed by atoms with Gasteiger partial charge >= 0.3 is 0 Å². The van der Waals surface area contributed by atoms with Gasteiger partial charge in [-0.3, -0.25) is 9.89 Å². The average Bonchev–Trinajstić information content (AvgIpc) is 3.19. The van der Waals surface area contributed by atoms with Crippen LogP contribution < -0.4 is 10.2 Å². The van der Waals surface area contributed by atoms with Gasteiger partial charge in [-0.05, 0) is 43.2 Å². The number of H-pyrrole nitrogens is 1. The van der Waals surface area contributed by atoms with Crippen molar-refractivity contribution in [3.63, 3.8) is 0 Å². The molecule has 1 aliphatic rings. The van der Waals surface area contributed by atoms with Crippen LogP contribution in [0.1, 0.15) is 23.2 Å². The van der Waals surface area contributed by atoms with Crippen molar-refractivity contribution >= 4 is 28.9 Å². The minimum Gasteiger partial charge on any atom is -0.393 e. The molecule has 1 fully saturated rings. The molecule has 1 aromatic heterocycles.